The van der Waals surface area contributed by atoms with Crippen LogP contribution < -0.4 is 0 Å². The number of fused-ring (bicyclic) bond motifs is 2. The second kappa shape index (κ2) is 3.82. The first-order valence-corrected chi connectivity index (χ1v) is 7.14. The van der Waals surface area contributed by atoms with Crippen LogP contribution in [0.15, 0.2) is 47.4 Å². The van der Waals surface area contributed by atoms with Gasteiger partial charge in [0.05, 0.1) is 10.8 Å². The molecule has 0 saturated carbocycles. The second-order valence-corrected chi connectivity index (χ2v) is 6.88. The van der Waals surface area contributed by atoms with E-state index in [1.807, 2.05) is 36.4 Å². The lowest BCUT2D eigenvalue weighted by Crippen LogP contribution is -2.09. The van der Waals surface area contributed by atoms with Crippen LogP contribution in [0, 0.1) is 0 Å². The van der Waals surface area contributed by atoms with Gasteiger partial charge in [-0.25, -0.2) is 0 Å². The molecular weight excluding hydrogens is 284 g/mol. The fourth-order valence-corrected chi connectivity index (χ4v) is 3.74. The Morgan fingerprint density at radius 2 is 1.81 bits per heavy atom. The number of halogens is 1. The summed E-state index contributed by atoms with van der Waals surface area (Å²) in [4.78, 5) is 0.920. The third kappa shape index (κ3) is 1.55. The average molecular weight is 293 g/mol. The van der Waals surface area contributed by atoms with Gasteiger partial charge in [0.25, 0.3) is 0 Å². The number of rotatable bonds is 0. The van der Waals surface area contributed by atoms with Crippen molar-refractivity contribution in [2.45, 2.75) is 9.05 Å². The molecule has 1 aliphatic heterocycles. The van der Waals surface area contributed by atoms with Gasteiger partial charge in [-0.1, -0.05) is 52.3 Å². The molecule has 0 fully saturated rings. The zero-order valence-electron chi connectivity index (χ0n) is 8.39. The van der Waals surface area contributed by atoms with Crippen molar-refractivity contribution < 1.29 is 4.21 Å². The Labute approximate surface area is 105 Å². The highest BCUT2D eigenvalue weighted by Crippen LogP contribution is 2.30. The van der Waals surface area contributed by atoms with E-state index in [-0.39, 0.29) is 4.16 Å². The second-order valence-electron chi connectivity index (χ2n) is 3.74. The van der Waals surface area contributed by atoms with E-state index >= 15 is 0 Å². The highest BCUT2D eigenvalue weighted by atomic mass is 79.9. The van der Waals surface area contributed by atoms with E-state index in [4.69, 9.17) is 0 Å². The Balaban J connectivity index is 2.33. The van der Waals surface area contributed by atoms with Gasteiger partial charge >= 0.3 is 0 Å². The minimum atomic E-state index is -0.986. The van der Waals surface area contributed by atoms with Crippen LogP contribution in [0.25, 0.3) is 16.8 Å². The Morgan fingerprint density at radius 1 is 1.12 bits per heavy atom. The molecule has 0 amide bonds. The first-order chi connectivity index (χ1) is 7.75. The third-order valence-corrected chi connectivity index (χ3v) is 5.40. The number of hydrogen-bond donors (Lipinski definition) is 0. The van der Waals surface area contributed by atoms with Gasteiger partial charge in [-0.05, 0) is 28.5 Å². The van der Waals surface area contributed by atoms with Gasteiger partial charge in [0.1, 0.15) is 4.16 Å². The average Bonchev–Trinajstić information content (AvgIpc) is 2.32. The first-order valence-electron chi connectivity index (χ1n) is 5.01. The van der Waals surface area contributed by atoms with Crippen LogP contribution in [0.4, 0.5) is 0 Å². The van der Waals surface area contributed by atoms with Crippen LogP contribution in [-0.2, 0) is 10.8 Å². The summed E-state index contributed by atoms with van der Waals surface area (Å²) in [5.74, 6) is 0. The van der Waals surface area contributed by atoms with E-state index in [9.17, 15) is 4.21 Å². The smallest absolute Gasteiger partial charge is 0.113 e. The molecule has 0 spiro atoms. The van der Waals surface area contributed by atoms with Crippen molar-refractivity contribution in [3.8, 4) is 0 Å². The molecule has 3 heteroatoms. The third-order valence-electron chi connectivity index (χ3n) is 2.73. The van der Waals surface area contributed by atoms with E-state index in [0.717, 1.165) is 15.8 Å². The van der Waals surface area contributed by atoms with Crippen molar-refractivity contribution in [3.05, 3.63) is 48.0 Å². The molecule has 16 heavy (non-hydrogen) atoms. The molecule has 2 atom stereocenters. The number of hydrogen-bond acceptors (Lipinski definition) is 1. The van der Waals surface area contributed by atoms with Gasteiger partial charge < -0.3 is 0 Å². The molecule has 0 aromatic heterocycles. The van der Waals surface area contributed by atoms with Gasteiger partial charge in [0.2, 0.25) is 0 Å². The van der Waals surface area contributed by atoms with Gasteiger partial charge in [-0.2, -0.15) is 0 Å². The van der Waals surface area contributed by atoms with Crippen molar-refractivity contribution >= 4 is 43.6 Å². The molecule has 1 heterocycles. The highest BCUT2D eigenvalue weighted by molar-refractivity contribution is 9.11. The maximum atomic E-state index is 12.1. The van der Waals surface area contributed by atoms with E-state index < -0.39 is 10.8 Å². The fraction of sp³-hybridized carbons (Fsp3) is 0.0769. The van der Waals surface area contributed by atoms with E-state index in [1.165, 1.54) is 5.39 Å². The van der Waals surface area contributed by atoms with Gasteiger partial charge in [0, 0.05) is 4.90 Å². The summed E-state index contributed by atoms with van der Waals surface area (Å²) in [6.07, 6.45) is 3.97. The standard InChI is InChI=1S/C13H9BrOS/c14-13-6-5-11-7-9-3-1-2-4-10(9)8-12(11)16(13)15/h1-8,13H. The molecule has 0 saturated heterocycles. The summed E-state index contributed by atoms with van der Waals surface area (Å²) >= 11 is 3.40. The summed E-state index contributed by atoms with van der Waals surface area (Å²) in [6, 6.07) is 12.3. The van der Waals surface area contributed by atoms with Crippen molar-refractivity contribution in [2.24, 2.45) is 0 Å². The highest BCUT2D eigenvalue weighted by Gasteiger charge is 2.19. The molecule has 80 valence electrons. The van der Waals surface area contributed by atoms with Crippen molar-refractivity contribution in [1.82, 2.24) is 0 Å². The molecule has 0 bridgehead atoms. The maximum Gasteiger partial charge on any atom is 0.113 e. The summed E-state index contributed by atoms with van der Waals surface area (Å²) in [5.41, 5.74) is 1.06. The lowest BCUT2D eigenvalue weighted by atomic mass is 10.1. The minimum absolute atomic E-state index is 0.0684. The predicted octanol–water partition coefficient (Wildman–Crippen LogP) is 3.70. The van der Waals surface area contributed by atoms with E-state index in [1.54, 1.807) is 0 Å². The minimum Gasteiger partial charge on any atom is -0.253 e. The zero-order chi connectivity index (χ0) is 11.1. The Morgan fingerprint density at radius 3 is 2.56 bits per heavy atom. The van der Waals surface area contributed by atoms with Crippen LogP contribution >= 0.6 is 15.9 Å². The quantitative estimate of drug-likeness (QED) is 0.677. The lowest BCUT2D eigenvalue weighted by Gasteiger charge is -2.15. The van der Waals surface area contributed by atoms with Crippen LogP contribution in [-0.4, -0.2) is 8.37 Å². The molecule has 1 aliphatic rings. The van der Waals surface area contributed by atoms with Crippen LogP contribution in [0.5, 0.6) is 0 Å². The van der Waals surface area contributed by atoms with Gasteiger partial charge in [-0.15, -0.1) is 0 Å². The van der Waals surface area contributed by atoms with Crippen molar-refractivity contribution in [3.63, 3.8) is 0 Å². The molecule has 2 aromatic rings. The SMILES string of the molecule is O=S1c2cc3ccccc3cc2C=CC1Br. The molecule has 1 nitrogen and oxygen atoms in total. The van der Waals surface area contributed by atoms with Crippen molar-refractivity contribution in [2.75, 3.05) is 0 Å². The Bertz CT molecular complexity index is 618. The molecular formula is C13H9BrOS. The molecule has 0 aliphatic carbocycles. The summed E-state index contributed by atoms with van der Waals surface area (Å²) < 4.78 is 12.0. The molecule has 2 unspecified atom stereocenters. The monoisotopic (exact) mass is 292 g/mol. The molecule has 0 N–H and O–H groups in total. The molecule has 3 rings (SSSR count). The zero-order valence-corrected chi connectivity index (χ0v) is 10.8. The van der Waals surface area contributed by atoms with Gasteiger partial charge in [0.15, 0.2) is 0 Å². The summed E-state index contributed by atoms with van der Waals surface area (Å²) in [5, 5.41) is 2.33. The number of benzene rings is 2. The van der Waals surface area contributed by atoms with Crippen LogP contribution in [0.1, 0.15) is 5.56 Å². The number of alkyl halides is 1. The van der Waals surface area contributed by atoms with E-state index in [2.05, 4.69) is 28.1 Å². The van der Waals surface area contributed by atoms with Gasteiger partial charge in [-0.3, -0.25) is 4.21 Å². The van der Waals surface area contributed by atoms with Crippen LogP contribution in [0.3, 0.4) is 0 Å². The Kier molecular flexibility index (Phi) is 2.45. The first kappa shape index (κ1) is 10.2. The maximum absolute atomic E-state index is 12.1. The Hall–Kier alpha value is -0.930. The van der Waals surface area contributed by atoms with E-state index in [0.29, 0.717) is 0 Å². The summed E-state index contributed by atoms with van der Waals surface area (Å²) in [6.45, 7) is 0. The van der Waals surface area contributed by atoms with Crippen LogP contribution in [0.2, 0.25) is 0 Å². The lowest BCUT2D eigenvalue weighted by molar-refractivity contribution is 0.683. The normalized spacial score (nSPS) is 23.3. The molecule has 0 radical (unpaired) electrons. The predicted molar refractivity (Wildman–Crippen MR) is 72.1 cm³/mol. The largest absolute Gasteiger partial charge is 0.253 e. The topological polar surface area (TPSA) is 17.1 Å². The fourth-order valence-electron chi connectivity index (χ4n) is 1.91. The molecule has 2 aromatic carbocycles. The van der Waals surface area contributed by atoms with Crippen molar-refractivity contribution in [1.29, 1.82) is 0 Å². The summed E-state index contributed by atoms with van der Waals surface area (Å²) in [7, 11) is -0.986.